The molecule has 4 nitrogen and oxygen atoms in total. The lowest BCUT2D eigenvalue weighted by Gasteiger charge is -2.15. The van der Waals surface area contributed by atoms with Crippen LogP contribution in [-0.2, 0) is 11.8 Å². The van der Waals surface area contributed by atoms with E-state index in [0.717, 1.165) is 29.7 Å². The summed E-state index contributed by atoms with van der Waals surface area (Å²) < 4.78 is 1.99. The number of carboxylic acids is 1. The second-order valence-corrected chi connectivity index (χ2v) is 6.23. The molecule has 0 amide bonds. The summed E-state index contributed by atoms with van der Waals surface area (Å²) in [5.74, 6) is 0.211. The van der Waals surface area contributed by atoms with Crippen molar-refractivity contribution < 1.29 is 9.90 Å². The Labute approximate surface area is 122 Å². The number of aromatic nitrogens is 2. The molecule has 1 aromatic heterocycles. The summed E-state index contributed by atoms with van der Waals surface area (Å²) >= 11 is 6.03. The molecule has 1 N–H and O–H groups in total. The van der Waals surface area contributed by atoms with Gasteiger partial charge < -0.3 is 9.67 Å². The molecule has 2 aromatic rings. The zero-order chi connectivity index (χ0) is 14.4. The first-order valence-corrected chi connectivity index (χ1v) is 7.20. The molecule has 0 bridgehead atoms. The lowest BCUT2D eigenvalue weighted by atomic mass is 9.95. The number of carbonyl (C=O) groups is 1. The van der Waals surface area contributed by atoms with Crippen molar-refractivity contribution in [1.29, 1.82) is 0 Å². The Balaban J connectivity index is 2.09. The minimum atomic E-state index is -0.718. The Hall–Kier alpha value is -1.55. The second kappa shape index (κ2) is 4.77. The summed E-state index contributed by atoms with van der Waals surface area (Å²) in [5, 5.41) is 10.1. The first-order valence-electron chi connectivity index (χ1n) is 6.82. The van der Waals surface area contributed by atoms with E-state index in [9.17, 15) is 9.90 Å². The minimum absolute atomic E-state index is 0.0151. The highest BCUT2D eigenvalue weighted by molar-refractivity contribution is 6.31. The third-order valence-corrected chi connectivity index (χ3v) is 4.56. The molecule has 106 valence electrons. The maximum Gasteiger partial charge on any atom is 0.307 e. The van der Waals surface area contributed by atoms with E-state index in [0.29, 0.717) is 10.9 Å². The lowest BCUT2D eigenvalue weighted by Crippen LogP contribution is -2.19. The molecule has 1 heterocycles. The van der Waals surface area contributed by atoms with E-state index < -0.39 is 5.97 Å². The van der Waals surface area contributed by atoms with E-state index in [1.54, 1.807) is 0 Å². The third-order valence-electron chi connectivity index (χ3n) is 4.32. The lowest BCUT2D eigenvalue weighted by molar-refractivity contribution is -0.142. The van der Waals surface area contributed by atoms with Crippen LogP contribution in [-0.4, -0.2) is 20.6 Å². The van der Waals surface area contributed by atoms with Crippen LogP contribution in [0.3, 0.4) is 0 Å². The largest absolute Gasteiger partial charge is 0.481 e. The Morgan fingerprint density at radius 2 is 2.20 bits per heavy atom. The number of aliphatic carboxylic acids is 1. The van der Waals surface area contributed by atoms with Gasteiger partial charge in [-0.15, -0.1) is 0 Å². The van der Waals surface area contributed by atoms with Gasteiger partial charge in [-0.05, 0) is 37.0 Å². The maximum atomic E-state index is 11.5. The van der Waals surface area contributed by atoms with E-state index in [-0.39, 0.29) is 11.8 Å². The van der Waals surface area contributed by atoms with Crippen LogP contribution < -0.4 is 0 Å². The van der Waals surface area contributed by atoms with Crippen LogP contribution in [0.15, 0.2) is 18.2 Å². The number of hydrogen-bond acceptors (Lipinski definition) is 2. The van der Waals surface area contributed by atoms with Gasteiger partial charge >= 0.3 is 5.97 Å². The van der Waals surface area contributed by atoms with Crippen LogP contribution in [0.1, 0.15) is 31.5 Å². The van der Waals surface area contributed by atoms with E-state index in [4.69, 9.17) is 11.6 Å². The fraction of sp³-hybridized carbons (Fsp3) is 0.467. The Bertz CT molecular complexity index is 680. The fourth-order valence-corrected chi connectivity index (χ4v) is 3.53. The molecule has 5 heteroatoms. The average Bonchev–Trinajstić information content (AvgIpc) is 2.91. The van der Waals surface area contributed by atoms with E-state index in [1.807, 2.05) is 29.8 Å². The number of hydrogen-bond donors (Lipinski definition) is 1. The van der Waals surface area contributed by atoms with E-state index >= 15 is 0 Å². The first-order chi connectivity index (χ1) is 9.47. The number of halogens is 1. The van der Waals surface area contributed by atoms with Gasteiger partial charge in [-0.3, -0.25) is 4.79 Å². The highest BCUT2D eigenvalue weighted by Crippen LogP contribution is 2.43. The molecule has 1 fully saturated rings. The Morgan fingerprint density at radius 1 is 1.45 bits per heavy atom. The molecule has 0 spiro atoms. The number of benzene rings is 1. The van der Waals surface area contributed by atoms with Gasteiger partial charge in [0, 0.05) is 18.0 Å². The van der Waals surface area contributed by atoms with Gasteiger partial charge in [-0.2, -0.15) is 0 Å². The van der Waals surface area contributed by atoms with Crippen molar-refractivity contribution in [3.8, 4) is 0 Å². The van der Waals surface area contributed by atoms with Gasteiger partial charge in [0.2, 0.25) is 0 Å². The highest BCUT2D eigenvalue weighted by Gasteiger charge is 2.40. The zero-order valence-electron chi connectivity index (χ0n) is 11.5. The van der Waals surface area contributed by atoms with Crippen molar-refractivity contribution in [2.45, 2.75) is 25.7 Å². The number of aryl methyl sites for hydroxylation is 1. The molecule has 3 rings (SSSR count). The van der Waals surface area contributed by atoms with Gasteiger partial charge in [0.15, 0.2) is 0 Å². The summed E-state index contributed by atoms with van der Waals surface area (Å²) in [6.45, 7) is 2.11. The maximum absolute atomic E-state index is 11.5. The molecule has 1 aliphatic carbocycles. The van der Waals surface area contributed by atoms with Crippen molar-refractivity contribution in [2.24, 2.45) is 18.9 Å². The van der Waals surface area contributed by atoms with Crippen LogP contribution in [0.5, 0.6) is 0 Å². The molecule has 1 saturated carbocycles. The normalized spacial score (nSPS) is 26.2. The minimum Gasteiger partial charge on any atom is -0.481 e. The number of carboxylic acid groups (broad SMARTS) is 1. The molecule has 1 aromatic carbocycles. The van der Waals surface area contributed by atoms with Gasteiger partial charge in [-0.25, -0.2) is 4.98 Å². The molecule has 0 aliphatic heterocycles. The fourth-order valence-electron chi connectivity index (χ4n) is 3.36. The van der Waals surface area contributed by atoms with Crippen LogP contribution in [0.2, 0.25) is 5.02 Å². The monoisotopic (exact) mass is 292 g/mol. The van der Waals surface area contributed by atoms with Crippen LogP contribution in [0.25, 0.3) is 11.0 Å². The molecular formula is C15H17ClN2O2. The van der Waals surface area contributed by atoms with Crippen LogP contribution >= 0.6 is 11.6 Å². The molecule has 3 unspecified atom stereocenters. The van der Waals surface area contributed by atoms with Crippen molar-refractivity contribution in [1.82, 2.24) is 9.55 Å². The molecule has 3 atom stereocenters. The molecule has 1 aliphatic rings. The van der Waals surface area contributed by atoms with Crippen molar-refractivity contribution in [3.63, 3.8) is 0 Å². The van der Waals surface area contributed by atoms with Crippen molar-refractivity contribution in [2.75, 3.05) is 0 Å². The topological polar surface area (TPSA) is 55.1 Å². The Kier molecular flexibility index (Phi) is 3.21. The first kappa shape index (κ1) is 13.4. The quantitative estimate of drug-likeness (QED) is 0.922. The number of rotatable bonds is 2. The van der Waals surface area contributed by atoms with Gasteiger partial charge in [0.1, 0.15) is 5.82 Å². The standard InChI is InChI=1S/C15H17ClN2O2/c1-8-5-10(11(6-8)15(19)20)14-17-12-4-3-9(16)7-13(12)18(14)2/h3-4,7-8,10-11H,5-6H2,1-2H3,(H,19,20). The number of fused-ring (bicyclic) bond motifs is 1. The highest BCUT2D eigenvalue weighted by atomic mass is 35.5. The molecule has 0 radical (unpaired) electrons. The number of imidazole rings is 1. The smallest absolute Gasteiger partial charge is 0.307 e. The predicted octanol–water partition coefficient (Wildman–Crippen LogP) is 3.44. The summed E-state index contributed by atoms with van der Waals surface area (Å²) in [4.78, 5) is 16.1. The van der Waals surface area contributed by atoms with Gasteiger partial charge in [0.25, 0.3) is 0 Å². The molecule has 20 heavy (non-hydrogen) atoms. The summed E-state index contributed by atoms with van der Waals surface area (Å²) in [7, 11) is 1.93. The van der Waals surface area contributed by atoms with Crippen molar-refractivity contribution in [3.05, 3.63) is 29.0 Å². The second-order valence-electron chi connectivity index (χ2n) is 5.79. The average molecular weight is 293 g/mol. The molecular weight excluding hydrogens is 276 g/mol. The van der Waals surface area contributed by atoms with Crippen LogP contribution in [0.4, 0.5) is 0 Å². The van der Waals surface area contributed by atoms with Gasteiger partial charge in [-0.1, -0.05) is 18.5 Å². The Morgan fingerprint density at radius 3 is 2.90 bits per heavy atom. The van der Waals surface area contributed by atoms with Crippen molar-refractivity contribution >= 4 is 28.6 Å². The van der Waals surface area contributed by atoms with E-state index in [2.05, 4.69) is 11.9 Å². The summed E-state index contributed by atoms with van der Waals surface area (Å²) in [6.07, 6.45) is 1.60. The number of nitrogens with zero attached hydrogens (tertiary/aromatic N) is 2. The summed E-state index contributed by atoms with van der Waals surface area (Å²) in [5.41, 5.74) is 1.83. The molecule has 0 saturated heterocycles. The van der Waals surface area contributed by atoms with Gasteiger partial charge in [0.05, 0.1) is 17.0 Å². The van der Waals surface area contributed by atoms with E-state index in [1.165, 1.54) is 0 Å². The SMILES string of the molecule is CC1CC(C(=O)O)C(c2nc3ccc(Cl)cc3n2C)C1. The van der Waals surface area contributed by atoms with Crippen LogP contribution in [0, 0.1) is 11.8 Å². The predicted molar refractivity (Wildman–Crippen MR) is 78.0 cm³/mol. The third kappa shape index (κ3) is 2.08. The zero-order valence-corrected chi connectivity index (χ0v) is 12.3. The summed E-state index contributed by atoms with van der Waals surface area (Å²) in [6, 6.07) is 5.57.